The van der Waals surface area contributed by atoms with Gasteiger partial charge in [0.15, 0.2) is 6.10 Å². The summed E-state index contributed by atoms with van der Waals surface area (Å²) in [6.07, 6.45) is -0.761. The van der Waals surface area contributed by atoms with Crippen molar-refractivity contribution in [3.8, 4) is 5.75 Å². The molecule has 1 aromatic rings. The Kier molecular flexibility index (Phi) is 4.98. The van der Waals surface area contributed by atoms with Crippen molar-refractivity contribution in [3.63, 3.8) is 0 Å². The molecule has 0 fully saturated rings. The predicted octanol–water partition coefficient (Wildman–Crippen LogP) is 1.94. The molecule has 0 spiro atoms. The molecular formula is C11H13ClO5S. The van der Waals surface area contributed by atoms with Crippen molar-refractivity contribution in [2.24, 2.45) is 0 Å². The van der Waals surface area contributed by atoms with Crippen molar-refractivity contribution < 1.29 is 22.7 Å². The molecule has 0 aliphatic heterocycles. The fourth-order valence-electron chi connectivity index (χ4n) is 1.19. The summed E-state index contributed by atoms with van der Waals surface area (Å²) in [6, 6.07) is 5.45. The largest absolute Gasteiger partial charge is 0.479 e. The van der Waals surface area contributed by atoms with Crippen LogP contribution in [0.4, 0.5) is 0 Å². The van der Waals surface area contributed by atoms with Gasteiger partial charge in [-0.25, -0.2) is 13.2 Å². The van der Waals surface area contributed by atoms with Crippen LogP contribution in [0.25, 0.3) is 0 Å². The second-order valence-corrected chi connectivity index (χ2v) is 5.99. The van der Waals surface area contributed by atoms with E-state index in [1.165, 1.54) is 24.3 Å². The molecule has 18 heavy (non-hydrogen) atoms. The monoisotopic (exact) mass is 292 g/mol. The van der Waals surface area contributed by atoms with Crippen LogP contribution in [0, 0.1) is 0 Å². The number of carbonyl (C=O) groups excluding carboxylic acids is 1. The van der Waals surface area contributed by atoms with E-state index in [1.807, 2.05) is 0 Å². The number of benzene rings is 1. The zero-order valence-electron chi connectivity index (χ0n) is 9.92. The minimum absolute atomic E-state index is 0.0275. The summed E-state index contributed by atoms with van der Waals surface area (Å²) in [6.45, 7) is 3.52. The quantitative estimate of drug-likeness (QED) is 0.613. The van der Waals surface area contributed by atoms with Gasteiger partial charge in [0.1, 0.15) is 5.75 Å². The maximum Gasteiger partial charge on any atom is 0.347 e. The van der Waals surface area contributed by atoms with Gasteiger partial charge in [-0.15, -0.1) is 0 Å². The Morgan fingerprint density at radius 3 is 2.33 bits per heavy atom. The molecule has 0 aliphatic carbocycles. The second kappa shape index (κ2) is 6.06. The smallest absolute Gasteiger partial charge is 0.347 e. The van der Waals surface area contributed by atoms with Crippen LogP contribution in [0.1, 0.15) is 13.8 Å². The number of ether oxygens (including phenoxy) is 2. The van der Waals surface area contributed by atoms with Crippen molar-refractivity contribution in [2.45, 2.75) is 24.8 Å². The molecule has 0 bridgehead atoms. The SMILES string of the molecule is CCOC(=O)C(C)Oc1ccc(S(=O)(=O)Cl)cc1. The Bertz CT molecular complexity index is 509. The number of esters is 1. The van der Waals surface area contributed by atoms with Crippen LogP contribution in [-0.4, -0.2) is 27.1 Å². The van der Waals surface area contributed by atoms with Crippen molar-refractivity contribution in [3.05, 3.63) is 24.3 Å². The summed E-state index contributed by atoms with van der Waals surface area (Å²) < 4.78 is 32.1. The first-order chi connectivity index (χ1) is 8.34. The van der Waals surface area contributed by atoms with E-state index in [0.717, 1.165) is 0 Å². The number of rotatable bonds is 5. The van der Waals surface area contributed by atoms with Gasteiger partial charge >= 0.3 is 5.97 Å². The normalized spacial score (nSPS) is 12.8. The third-order valence-electron chi connectivity index (χ3n) is 2.04. The summed E-state index contributed by atoms with van der Waals surface area (Å²) >= 11 is 0. The minimum Gasteiger partial charge on any atom is -0.479 e. The van der Waals surface area contributed by atoms with Crippen LogP contribution in [0.2, 0.25) is 0 Å². The van der Waals surface area contributed by atoms with Gasteiger partial charge in [0.25, 0.3) is 9.05 Å². The molecule has 5 nitrogen and oxygen atoms in total. The molecular weight excluding hydrogens is 280 g/mol. The van der Waals surface area contributed by atoms with E-state index >= 15 is 0 Å². The maximum atomic E-state index is 11.3. The number of hydrogen-bond acceptors (Lipinski definition) is 5. The van der Waals surface area contributed by atoms with Crippen LogP contribution in [0.15, 0.2) is 29.2 Å². The highest BCUT2D eigenvalue weighted by Gasteiger charge is 2.16. The fourth-order valence-corrected chi connectivity index (χ4v) is 1.96. The Morgan fingerprint density at radius 1 is 1.33 bits per heavy atom. The summed E-state index contributed by atoms with van der Waals surface area (Å²) in [4.78, 5) is 11.3. The summed E-state index contributed by atoms with van der Waals surface area (Å²) in [7, 11) is 1.42. The van der Waals surface area contributed by atoms with Crippen LogP contribution < -0.4 is 4.74 Å². The summed E-state index contributed by atoms with van der Waals surface area (Å²) in [5.74, 6) is -0.119. The highest BCUT2D eigenvalue weighted by molar-refractivity contribution is 8.13. The first-order valence-electron chi connectivity index (χ1n) is 5.22. The van der Waals surface area contributed by atoms with E-state index in [9.17, 15) is 13.2 Å². The van der Waals surface area contributed by atoms with E-state index in [4.69, 9.17) is 20.2 Å². The van der Waals surface area contributed by atoms with Crippen LogP contribution in [0.5, 0.6) is 5.75 Å². The van der Waals surface area contributed by atoms with E-state index in [0.29, 0.717) is 5.75 Å². The lowest BCUT2D eigenvalue weighted by molar-refractivity contribution is -0.150. The average Bonchev–Trinajstić information content (AvgIpc) is 2.28. The first-order valence-corrected chi connectivity index (χ1v) is 7.53. The molecule has 0 aliphatic rings. The van der Waals surface area contributed by atoms with Crippen LogP contribution in [-0.2, 0) is 18.6 Å². The van der Waals surface area contributed by atoms with Crippen molar-refractivity contribution >= 4 is 25.7 Å². The van der Waals surface area contributed by atoms with Crippen LogP contribution in [0.3, 0.4) is 0 Å². The van der Waals surface area contributed by atoms with Crippen molar-refractivity contribution in [1.82, 2.24) is 0 Å². The zero-order valence-corrected chi connectivity index (χ0v) is 11.5. The third kappa shape index (κ3) is 4.19. The molecule has 0 saturated carbocycles. The molecule has 0 heterocycles. The second-order valence-electron chi connectivity index (χ2n) is 3.42. The van der Waals surface area contributed by atoms with Gasteiger partial charge in [-0.3, -0.25) is 0 Å². The highest BCUT2D eigenvalue weighted by Crippen LogP contribution is 2.19. The predicted molar refractivity (Wildman–Crippen MR) is 66.2 cm³/mol. The van der Waals surface area contributed by atoms with Gasteiger partial charge in [-0.1, -0.05) is 0 Å². The first kappa shape index (κ1) is 14.8. The molecule has 0 N–H and O–H groups in total. The lowest BCUT2D eigenvalue weighted by Crippen LogP contribution is -2.26. The number of hydrogen-bond donors (Lipinski definition) is 0. The maximum absolute atomic E-state index is 11.3. The topological polar surface area (TPSA) is 69.7 Å². The molecule has 0 amide bonds. The zero-order chi connectivity index (χ0) is 13.8. The van der Waals surface area contributed by atoms with Crippen LogP contribution >= 0.6 is 10.7 Å². The van der Waals surface area contributed by atoms with Gasteiger partial charge in [0.2, 0.25) is 0 Å². The summed E-state index contributed by atoms with van der Waals surface area (Å²) in [5.41, 5.74) is 0. The average molecular weight is 293 g/mol. The van der Waals surface area contributed by atoms with Gasteiger partial charge in [0, 0.05) is 10.7 Å². The molecule has 7 heteroatoms. The standard InChI is InChI=1S/C11H13ClO5S/c1-3-16-11(13)8(2)17-9-4-6-10(7-5-9)18(12,14)15/h4-8H,3H2,1-2H3. The Morgan fingerprint density at radius 2 is 1.89 bits per heavy atom. The lowest BCUT2D eigenvalue weighted by atomic mass is 10.3. The molecule has 0 saturated heterocycles. The lowest BCUT2D eigenvalue weighted by Gasteiger charge is -2.13. The third-order valence-corrected chi connectivity index (χ3v) is 3.41. The molecule has 1 aromatic carbocycles. The van der Waals surface area contributed by atoms with E-state index in [1.54, 1.807) is 13.8 Å². The molecule has 100 valence electrons. The van der Waals surface area contributed by atoms with E-state index in [2.05, 4.69) is 0 Å². The van der Waals surface area contributed by atoms with E-state index in [-0.39, 0.29) is 11.5 Å². The molecule has 1 unspecified atom stereocenters. The number of carbonyl (C=O) groups is 1. The Balaban J connectivity index is 2.73. The molecule has 1 rings (SSSR count). The highest BCUT2D eigenvalue weighted by atomic mass is 35.7. The minimum atomic E-state index is -3.75. The van der Waals surface area contributed by atoms with E-state index < -0.39 is 21.1 Å². The number of halogens is 1. The summed E-state index contributed by atoms with van der Waals surface area (Å²) in [5, 5.41) is 0. The van der Waals surface area contributed by atoms with Crippen molar-refractivity contribution in [2.75, 3.05) is 6.61 Å². The van der Waals surface area contributed by atoms with Gasteiger partial charge in [-0.05, 0) is 38.1 Å². The molecule has 1 atom stereocenters. The Hall–Kier alpha value is -1.27. The van der Waals surface area contributed by atoms with Gasteiger partial charge < -0.3 is 9.47 Å². The molecule has 0 aromatic heterocycles. The molecule has 0 radical (unpaired) electrons. The van der Waals surface area contributed by atoms with Crippen molar-refractivity contribution in [1.29, 1.82) is 0 Å². The van der Waals surface area contributed by atoms with Gasteiger partial charge in [-0.2, -0.15) is 0 Å². The fraction of sp³-hybridized carbons (Fsp3) is 0.364. The Labute approximate surface area is 110 Å². The van der Waals surface area contributed by atoms with Gasteiger partial charge in [0.05, 0.1) is 11.5 Å².